The maximum Gasteiger partial charge on any atom is 0.257 e. The van der Waals surface area contributed by atoms with Gasteiger partial charge in [-0.3, -0.25) is 9.59 Å². The van der Waals surface area contributed by atoms with Crippen LogP contribution < -0.4 is 5.32 Å². The van der Waals surface area contributed by atoms with Crippen molar-refractivity contribution < 1.29 is 9.59 Å². The highest BCUT2D eigenvalue weighted by Gasteiger charge is 2.31. The zero-order chi connectivity index (χ0) is 20.5. The molecule has 6 heteroatoms. The van der Waals surface area contributed by atoms with Crippen LogP contribution in [0.5, 0.6) is 0 Å². The van der Waals surface area contributed by atoms with E-state index < -0.39 is 0 Å². The molecule has 154 valence electrons. The number of thiophene rings is 1. The summed E-state index contributed by atoms with van der Waals surface area (Å²) in [6.45, 7) is 7.52. The van der Waals surface area contributed by atoms with Gasteiger partial charge in [-0.15, -0.1) is 11.3 Å². The van der Waals surface area contributed by atoms with Crippen molar-refractivity contribution in [1.82, 2.24) is 9.80 Å². The highest BCUT2D eigenvalue weighted by molar-refractivity contribution is 7.17. The minimum atomic E-state index is -0.149. The van der Waals surface area contributed by atoms with Gasteiger partial charge in [0.25, 0.3) is 11.8 Å². The second kappa shape index (κ2) is 8.28. The molecule has 4 rings (SSSR count). The Kier molecular flexibility index (Phi) is 5.74. The van der Waals surface area contributed by atoms with E-state index in [0.29, 0.717) is 11.5 Å². The summed E-state index contributed by atoms with van der Waals surface area (Å²) < 4.78 is 0. The first-order valence-corrected chi connectivity index (χ1v) is 11.2. The molecule has 1 aliphatic carbocycles. The quantitative estimate of drug-likeness (QED) is 0.835. The van der Waals surface area contributed by atoms with E-state index in [1.807, 2.05) is 36.1 Å². The van der Waals surface area contributed by atoms with Gasteiger partial charge in [-0.25, -0.2) is 0 Å². The van der Waals surface area contributed by atoms with Crippen LogP contribution in [0.25, 0.3) is 0 Å². The Morgan fingerprint density at radius 3 is 2.48 bits per heavy atom. The monoisotopic (exact) mass is 411 g/mol. The molecule has 1 N–H and O–H groups in total. The highest BCUT2D eigenvalue weighted by atomic mass is 32.1. The fourth-order valence-electron chi connectivity index (χ4n) is 4.11. The van der Waals surface area contributed by atoms with Gasteiger partial charge in [-0.05, 0) is 56.8 Å². The lowest BCUT2D eigenvalue weighted by atomic mass is 9.88. The summed E-state index contributed by atoms with van der Waals surface area (Å²) in [7, 11) is 2.09. The van der Waals surface area contributed by atoms with E-state index in [1.54, 1.807) is 11.3 Å². The summed E-state index contributed by atoms with van der Waals surface area (Å²) in [5, 5.41) is 3.79. The zero-order valence-electron chi connectivity index (χ0n) is 17.5. The number of nitrogens with one attached hydrogen (secondary N) is 1. The van der Waals surface area contributed by atoms with Gasteiger partial charge < -0.3 is 15.1 Å². The van der Waals surface area contributed by atoms with E-state index in [4.69, 9.17) is 0 Å². The van der Waals surface area contributed by atoms with Gasteiger partial charge in [0.05, 0.1) is 5.56 Å². The standard InChI is InChI=1S/C23H29N3O2S/c1-15-4-7-17(8-5-15)21(27)24-22-20(18-9-6-16(2)14-19(18)29-22)23(28)26-12-10-25(3)11-13-26/h4-5,7-8,16H,6,9-14H2,1-3H3,(H,24,27)/t16-/m1/s1. The van der Waals surface area contributed by atoms with Gasteiger partial charge in [0, 0.05) is 36.6 Å². The number of fused-ring (bicyclic) bond motifs is 1. The van der Waals surface area contributed by atoms with Crippen molar-refractivity contribution in [2.24, 2.45) is 5.92 Å². The van der Waals surface area contributed by atoms with Crippen LogP contribution in [0, 0.1) is 12.8 Å². The molecular weight excluding hydrogens is 382 g/mol. The molecular formula is C23H29N3O2S. The van der Waals surface area contributed by atoms with E-state index in [0.717, 1.165) is 67.1 Å². The third kappa shape index (κ3) is 4.23. The van der Waals surface area contributed by atoms with Crippen LogP contribution >= 0.6 is 11.3 Å². The predicted octanol–water partition coefficient (Wildman–Crippen LogP) is 3.82. The van der Waals surface area contributed by atoms with Crippen molar-refractivity contribution in [3.63, 3.8) is 0 Å². The van der Waals surface area contributed by atoms with Crippen molar-refractivity contribution in [2.75, 3.05) is 38.5 Å². The summed E-state index contributed by atoms with van der Waals surface area (Å²) in [6, 6.07) is 7.54. The molecule has 2 heterocycles. The van der Waals surface area contributed by atoms with E-state index in [-0.39, 0.29) is 11.8 Å². The number of aryl methyl sites for hydroxylation is 1. The molecule has 1 aromatic carbocycles. The lowest BCUT2D eigenvalue weighted by Gasteiger charge is -2.33. The number of rotatable bonds is 3. The topological polar surface area (TPSA) is 52.7 Å². The molecule has 0 saturated carbocycles. The lowest BCUT2D eigenvalue weighted by molar-refractivity contribution is 0.0664. The number of amides is 2. The van der Waals surface area contributed by atoms with Crippen LogP contribution in [0.3, 0.4) is 0 Å². The molecule has 1 fully saturated rings. The van der Waals surface area contributed by atoms with Crippen molar-refractivity contribution >= 4 is 28.2 Å². The van der Waals surface area contributed by atoms with E-state index in [9.17, 15) is 9.59 Å². The average Bonchev–Trinajstić information content (AvgIpc) is 3.05. The first-order chi connectivity index (χ1) is 13.9. The number of carbonyl (C=O) groups excluding carboxylic acids is 2. The molecule has 29 heavy (non-hydrogen) atoms. The van der Waals surface area contributed by atoms with Gasteiger partial charge in [-0.1, -0.05) is 24.6 Å². The van der Waals surface area contributed by atoms with E-state index in [1.165, 1.54) is 4.88 Å². The maximum absolute atomic E-state index is 13.5. The molecule has 1 aromatic heterocycles. The Labute approximate surface area is 176 Å². The number of nitrogens with zero attached hydrogens (tertiary/aromatic N) is 2. The molecule has 2 aliphatic rings. The summed E-state index contributed by atoms with van der Waals surface area (Å²) in [5.41, 5.74) is 3.64. The maximum atomic E-state index is 13.5. The van der Waals surface area contributed by atoms with Gasteiger partial charge in [-0.2, -0.15) is 0 Å². The van der Waals surface area contributed by atoms with Crippen molar-refractivity contribution in [3.8, 4) is 0 Å². The molecule has 1 atom stereocenters. The molecule has 1 saturated heterocycles. The van der Waals surface area contributed by atoms with Gasteiger partial charge in [0.15, 0.2) is 0 Å². The number of anilines is 1. The second-order valence-corrected chi connectivity index (χ2v) is 9.58. The fourth-order valence-corrected chi connectivity index (χ4v) is 5.51. The van der Waals surface area contributed by atoms with E-state index >= 15 is 0 Å². The molecule has 1 aliphatic heterocycles. The highest BCUT2D eigenvalue weighted by Crippen LogP contribution is 2.40. The van der Waals surface area contributed by atoms with Gasteiger partial charge in [0.2, 0.25) is 0 Å². The first kappa shape index (κ1) is 20.1. The second-order valence-electron chi connectivity index (χ2n) is 8.47. The zero-order valence-corrected chi connectivity index (χ0v) is 18.3. The number of piperazine rings is 1. The normalized spacial score (nSPS) is 19.7. The Balaban J connectivity index is 1.64. The molecule has 0 bridgehead atoms. The Hall–Kier alpha value is -2.18. The minimum absolute atomic E-state index is 0.0735. The molecule has 0 spiro atoms. The van der Waals surface area contributed by atoms with Crippen molar-refractivity contribution in [2.45, 2.75) is 33.1 Å². The molecule has 2 aromatic rings. The largest absolute Gasteiger partial charge is 0.336 e. The van der Waals surface area contributed by atoms with Crippen LogP contribution in [-0.2, 0) is 12.8 Å². The molecule has 0 radical (unpaired) electrons. The van der Waals surface area contributed by atoms with Crippen LogP contribution in [0.4, 0.5) is 5.00 Å². The summed E-state index contributed by atoms with van der Waals surface area (Å²) in [6.07, 6.45) is 3.00. The third-order valence-electron chi connectivity index (χ3n) is 6.06. The van der Waals surface area contributed by atoms with Crippen LogP contribution in [-0.4, -0.2) is 54.8 Å². The van der Waals surface area contributed by atoms with Crippen molar-refractivity contribution in [1.29, 1.82) is 0 Å². The number of likely N-dealkylation sites (N-methyl/N-ethyl adjacent to an activating group) is 1. The number of hydrogen-bond acceptors (Lipinski definition) is 4. The first-order valence-electron chi connectivity index (χ1n) is 10.4. The Morgan fingerprint density at radius 1 is 1.10 bits per heavy atom. The SMILES string of the molecule is Cc1ccc(C(=O)Nc2sc3c(c2C(=O)N2CCN(C)CC2)CC[C@@H](C)C3)cc1. The summed E-state index contributed by atoms with van der Waals surface area (Å²) >= 11 is 1.59. The Morgan fingerprint density at radius 2 is 1.79 bits per heavy atom. The van der Waals surface area contributed by atoms with E-state index in [2.05, 4.69) is 24.2 Å². The number of carbonyl (C=O) groups is 2. The lowest BCUT2D eigenvalue weighted by Crippen LogP contribution is -2.47. The van der Waals surface area contributed by atoms with Crippen molar-refractivity contribution in [3.05, 3.63) is 51.4 Å². The fraction of sp³-hybridized carbons (Fsp3) is 0.478. The average molecular weight is 412 g/mol. The summed E-state index contributed by atoms with van der Waals surface area (Å²) in [4.78, 5) is 31.8. The van der Waals surface area contributed by atoms with Gasteiger partial charge >= 0.3 is 0 Å². The smallest absolute Gasteiger partial charge is 0.257 e. The molecule has 2 amide bonds. The molecule has 5 nitrogen and oxygen atoms in total. The van der Waals surface area contributed by atoms with Crippen LogP contribution in [0.15, 0.2) is 24.3 Å². The third-order valence-corrected chi connectivity index (χ3v) is 7.23. The number of hydrogen-bond donors (Lipinski definition) is 1. The predicted molar refractivity (Wildman–Crippen MR) is 118 cm³/mol. The minimum Gasteiger partial charge on any atom is -0.336 e. The summed E-state index contributed by atoms with van der Waals surface area (Å²) in [5.74, 6) is 0.543. The van der Waals surface area contributed by atoms with Gasteiger partial charge in [0.1, 0.15) is 5.00 Å². The Bertz CT molecular complexity index is 911. The number of benzene rings is 1. The van der Waals surface area contributed by atoms with Crippen LogP contribution in [0.1, 0.15) is 50.1 Å². The molecule has 0 unspecified atom stereocenters. The van der Waals surface area contributed by atoms with Crippen LogP contribution in [0.2, 0.25) is 0 Å².